The first-order chi connectivity index (χ1) is 7.72. The molecule has 0 fully saturated rings. The Kier molecular flexibility index (Phi) is 3.14. The third kappa shape index (κ3) is 2.04. The summed E-state index contributed by atoms with van der Waals surface area (Å²) in [5.74, 6) is 1.49. The van der Waals surface area contributed by atoms with Crippen LogP contribution in [-0.2, 0) is 4.74 Å². The summed E-state index contributed by atoms with van der Waals surface area (Å²) < 4.78 is 5.37. The molecule has 1 aliphatic rings. The molecule has 0 bridgehead atoms. The fraction of sp³-hybridized carbons (Fsp3) is 0.333. The molecule has 0 saturated carbocycles. The Balaban J connectivity index is 2.38. The smallest absolute Gasteiger partial charge is 0.0965 e. The third-order valence-corrected chi connectivity index (χ3v) is 3.16. The summed E-state index contributed by atoms with van der Waals surface area (Å²) >= 11 is 0. The van der Waals surface area contributed by atoms with Crippen molar-refractivity contribution in [3.63, 3.8) is 0 Å². The first kappa shape index (κ1) is 11.0. The van der Waals surface area contributed by atoms with Gasteiger partial charge in [0.05, 0.1) is 12.9 Å². The van der Waals surface area contributed by atoms with Gasteiger partial charge in [0.15, 0.2) is 0 Å². The Hall–Kier alpha value is -1.50. The van der Waals surface area contributed by atoms with Crippen LogP contribution in [0.3, 0.4) is 0 Å². The van der Waals surface area contributed by atoms with Crippen molar-refractivity contribution in [2.45, 2.75) is 26.2 Å². The van der Waals surface area contributed by atoms with Crippen LogP contribution in [0.5, 0.6) is 0 Å². The molecule has 84 valence electrons. The second-order valence-corrected chi connectivity index (χ2v) is 4.43. The maximum atomic E-state index is 5.37. The Labute approximate surface area is 97.4 Å². The Bertz CT molecular complexity index is 422. The normalized spacial score (nSPS) is 19.6. The van der Waals surface area contributed by atoms with E-state index in [0.29, 0.717) is 5.92 Å². The molecule has 1 aromatic carbocycles. The average molecular weight is 214 g/mol. The van der Waals surface area contributed by atoms with E-state index < -0.39 is 0 Å². The highest BCUT2D eigenvalue weighted by atomic mass is 16.5. The van der Waals surface area contributed by atoms with E-state index in [1.54, 1.807) is 7.11 Å². The molecule has 1 heteroatoms. The zero-order valence-electron chi connectivity index (χ0n) is 10.2. The minimum atomic E-state index is 0.404. The van der Waals surface area contributed by atoms with Crippen molar-refractivity contribution in [1.29, 1.82) is 0 Å². The van der Waals surface area contributed by atoms with Crippen LogP contribution >= 0.6 is 0 Å². The highest BCUT2D eigenvalue weighted by Gasteiger charge is 2.24. The molecule has 0 saturated heterocycles. The minimum absolute atomic E-state index is 0.404. The van der Waals surface area contributed by atoms with Gasteiger partial charge in [-0.15, -0.1) is 0 Å². The number of allylic oxidation sites excluding steroid dienone is 3. The van der Waals surface area contributed by atoms with E-state index in [1.807, 2.05) is 0 Å². The van der Waals surface area contributed by atoms with Crippen molar-refractivity contribution < 1.29 is 4.74 Å². The van der Waals surface area contributed by atoms with Crippen LogP contribution < -0.4 is 0 Å². The molecule has 0 radical (unpaired) electrons. The lowest BCUT2D eigenvalue weighted by molar-refractivity contribution is 0.286. The number of rotatable bonds is 2. The molecule has 0 heterocycles. The predicted molar refractivity (Wildman–Crippen MR) is 67.3 cm³/mol. The van der Waals surface area contributed by atoms with Gasteiger partial charge in [-0.2, -0.15) is 0 Å². The minimum Gasteiger partial charge on any atom is -0.501 e. The fourth-order valence-corrected chi connectivity index (χ4v) is 2.23. The van der Waals surface area contributed by atoms with Crippen LogP contribution in [0.25, 0.3) is 0 Å². The molecule has 0 aromatic heterocycles. The van der Waals surface area contributed by atoms with Gasteiger partial charge in [-0.3, -0.25) is 0 Å². The number of ether oxygens (including phenoxy) is 1. The zero-order chi connectivity index (χ0) is 11.5. The van der Waals surface area contributed by atoms with Crippen LogP contribution in [0.1, 0.15) is 31.7 Å². The van der Waals surface area contributed by atoms with E-state index in [9.17, 15) is 0 Å². The molecule has 0 amide bonds. The highest BCUT2D eigenvalue weighted by molar-refractivity contribution is 5.42. The second kappa shape index (κ2) is 4.56. The molecule has 0 aliphatic heterocycles. The van der Waals surface area contributed by atoms with Crippen molar-refractivity contribution in [2.24, 2.45) is 0 Å². The maximum Gasteiger partial charge on any atom is 0.0965 e. The van der Waals surface area contributed by atoms with E-state index in [-0.39, 0.29) is 0 Å². The topological polar surface area (TPSA) is 9.23 Å². The lowest BCUT2D eigenvalue weighted by Crippen LogP contribution is -1.96. The van der Waals surface area contributed by atoms with Crippen molar-refractivity contribution in [2.75, 3.05) is 7.11 Å². The molecule has 1 nitrogen and oxygen atoms in total. The molecule has 16 heavy (non-hydrogen) atoms. The van der Waals surface area contributed by atoms with Gasteiger partial charge in [0.25, 0.3) is 0 Å². The summed E-state index contributed by atoms with van der Waals surface area (Å²) in [6.45, 7) is 4.36. The third-order valence-electron chi connectivity index (χ3n) is 3.16. The molecule has 1 aromatic rings. The first-order valence-electron chi connectivity index (χ1n) is 5.68. The molecular weight excluding hydrogens is 196 g/mol. The summed E-state index contributed by atoms with van der Waals surface area (Å²) in [5, 5.41) is 0. The number of methoxy groups -OCH3 is 1. The highest BCUT2D eigenvalue weighted by Crippen LogP contribution is 2.39. The van der Waals surface area contributed by atoms with Crippen molar-refractivity contribution in [3.05, 3.63) is 58.9 Å². The summed E-state index contributed by atoms with van der Waals surface area (Å²) in [6.07, 6.45) is 3.19. The standard InChI is InChI=1S/C15H18O/c1-11(2)14-9-13(16-3)10-15(14)12-7-5-4-6-8-12/h4-8,10,15H,9H2,1-3H3. The van der Waals surface area contributed by atoms with Crippen LogP contribution in [0, 0.1) is 0 Å². The van der Waals surface area contributed by atoms with Crippen LogP contribution in [0.4, 0.5) is 0 Å². The van der Waals surface area contributed by atoms with Crippen molar-refractivity contribution in [1.82, 2.24) is 0 Å². The summed E-state index contributed by atoms with van der Waals surface area (Å²) in [4.78, 5) is 0. The molecule has 1 aliphatic carbocycles. The number of benzene rings is 1. The van der Waals surface area contributed by atoms with Gasteiger partial charge >= 0.3 is 0 Å². The van der Waals surface area contributed by atoms with E-state index in [0.717, 1.165) is 12.2 Å². The van der Waals surface area contributed by atoms with Crippen molar-refractivity contribution >= 4 is 0 Å². The van der Waals surface area contributed by atoms with Gasteiger partial charge in [-0.1, -0.05) is 41.5 Å². The zero-order valence-corrected chi connectivity index (χ0v) is 10.2. The lowest BCUT2D eigenvalue weighted by atomic mass is 9.91. The quantitative estimate of drug-likeness (QED) is 0.675. The summed E-state index contributed by atoms with van der Waals surface area (Å²) in [6, 6.07) is 10.6. The Morgan fingerprint density at radius 1 is 1.19 bits per heavy atom. The first-order valence-corrected chi connectivity index (χ1v) is 5.68. The summed E-state index contributed by atoms with van der Waals surface area (Å²) in [7, 11) is 1.75. The van der Waals surface area contributed by atoms with Crippen LogP contribution in [0.15, 0.2) is 53.3 Å². The lowest BCUT2D eigenvalue weighted by Gasteiger charge is -2.12. The number of hydrogen-bond donors (Lipinski definition) is 0. The SMILES string of the molecule is COC1=CC(c2ccccc2)C(=C(C)C)C1. The molecular formula is C15H18O. The Morgan fingerprint density at radius 3 is 2.44 bits per heavy atom. The summed E-state index contributed by atoms with van der Waals surface area (Å²) in [5.41, 5.74) is 4.23. The van der Waals surface area contributed by atoms with E-state index in [4.69, 9.17) is 4.74 Å². The van der Waals surface area contributed by atoms with Gasteiger partial charge in [0.1, 0.15) is 0 Å². The fourth-order valence-electron chi connectivity index (χ4n) is 2.23. The van der Waals surface area contributed by atoms with Gasteiger partial charge in [0, 0.05) is 12.3 Å². The molecule has 0 spiro atoms. The van der Waals surface area contributed by atoms with Gasteiger partial charge < -0.3 is 4.74 Å². The van der Waals surface area contributed by atoms with E-state index in [2.05, 4.69) is 50.3 Å². The van der Waals surface area contributed by atoms with Crippen molar-refractivity contribution in [3.8, 4) is 0 Å². The molecule has 1 atom stereocenters. The monoisotopic (exact) mass is 214 g/mol. The second-order valence-electron chi connectivity index (χ2n) is 4.43. The van der Waals surface area contributed by atoms with Gasteiger partial charge in [-0.25, -0.2) is 0 Å². The predicted octanol–water partition coefficient (Wildman–Crippen LogP) is 4.04. The Morgan fingerprint density at radius 2 is 1.88 bits per heavy atom. The largest absolute Gasteiger partial charge is 0.501 e. The van der Waals surface area contributed by atoms with Gasteiger partial charge in [-0.05, 0) is 25.5 Å². The van der Waals surface area contributed by atoms with Crippen LogP contribution in [0.2, 0.25) is 0 Å². The van der Waals surface area contributed by atoms with Gasteiger partial charge in [0.2, 0.25) is 0 Å². The molecule has 2 rings (SSSR count). The number of hydrogen-bond acceptors (Lipinski definition) is 1. The van der Waals surface area contributed by atoms with E-state index >= 15 is 0 Å². The average Bonchev–Trinajstić information content (AvgIpc) is 2.74. The molecule has 1 unspecified atom stereocenters. The van der Waals surface area contributed by atoms with E-state index in [1.165, 1.54) is 16.7 Å². The maximum absolute atomic E-state index is 5.37. The molecule has 0 N–H and O–H groups in total. The van der Waals surface area contributed by atoms with Crippen LogP contribution in [-0.4, -0.2) is 7.11 Å².